The summed E-state index contributed by atoms with van der Waals surface area (Å²) in [6.07, 6.45) is 1.46. The van der Waals surface area contributed by atoms with Crippen LogP contribution in [0, 0.1) is 10.1 Å². The van der Waals surface area contributed by atoms with Crippen molar-refractivity contribution in [1.29, 1.82) is 0 Å². The normalized spacial score (nSPS) is 10.7. The number of para-hydroxylation sites is 3. The Kier molecular flexibility index (Phi) is 5.03. The lowest BCUT2D eigenvalue weighted by molar-refractivity contribution is -0.385. The summed E-state index contributed by atoms with van der Waals surface area (Å²) in [7, 11) is 0. The summed E-state index contributed by atoms with van der Waals surface area (Å²) in [5.74, 6) is 0.660. The van der Waals surface area contributed by atoms with Crippen molar-refractivity contribution >= 4 is 22.6 Å². The molecule has 3 rings (SSSR count). The number of benzene rings is 2. The first-order chi connectivity index (χ1) is 12.1. The summed E-state index contributed by atoms with van der Waals surface area (Å²) < 4.78 is 0. The highest BCUT2D eigenvalue weighted by Crippen LogP contribution is 2.18. The highest BCUT2D eigenvalue weighted by molar-refractivity contribution is 5.79. The number of carbonyl (C=O) groups excluding carboxylic acids is 1. The Labute approximate surface area is 144 Å². The Morgan fingerprint density at radius 2 is 1.92 bits per heavy atom. The minimum absolute atomic E-state index is 0.00178. The molecular weight excluding hydrogens is 320 g/mol. The first kappa shape index (κ1) is 16.6. The minimum atomic E-state index is -0.468. The number of hydrogen-bond donors (Lipinski definition) is 2. The van der Waals surface area contributed by atoms with Gasteiger partial charge in [-0.1, -0.05) is 30.3 Å². The van der Waals surface area contributed by atoms with E-state index in [4.69, 9.17) is 0 Å². The van der Waals surface area contributed by atoms with Crippen molar-refractivity contribution in [3.63, 3.8) is 0 Å². The lowest BCUT2D eigenvalue weighted by Crippen LogP contribution is -2.26. The Bertz CT molecular complexity index is 871. The number of imidazole rings is 1. The molecule has 0 bridgehead atoms. The van der Waals surface area contributed by atoms with E-state index in [1.54, 1.807) is 18.2 Å². The number of nitro groups is 1. The van der Waals surface area contributed by atoms with Gasteiger partial charge in [0.05, 0.1) is 22.4 Å². The van der Waals surface area contributed by atoms with E-state index in [1.807, 2.05) is 24.3 Å². The third-order valence-electron chi connectivity index (χ3n) is 3.89. The molecule has 0 radical (unpaired) electrons. The molecule has 0 fully saturated rings. The van der Waals surface area contributed by atoms with Gasteiger partial charge < -0.3 is 10.3 Å². The molecule has 2 N–H and O–H groups in total. The van der Waals surface area contributed by atoms with Crippen LogP contribution in [0.3, 0.4) is 0 Å². The maximum atomic E-state index is 12.0. The summed E-state index contributed by atoms with van der Waals surface area (Å²) >= 11 is 0. The number of aryl methyl sites for hydroxylation is 1. The second-order valence-electron chi connectivity index (χ2n) is 5.72. The molecule has 0 unspecified atom stereocenters. The number of amides is 1. The van der Waals surface area contributed by atoms with Crippen LogP contribution in [0.1, 0.15) is 17.8 Å². The zero-order valence-electron chi connectivity index (χ0n) is 13.6. The van der Waals surface area contributed by atoms with E-state index in [0.717, 1.165) is 29.7 Å². The number of rotatable bonds is 7. The fraction of sp³-hybridized carbons (Fsp3) is 0.222. The smallest absolute Gasteiger partial charge is 0.273 e. The van der Waals surface area contributed by atoms with Crippen LogP contribution in [0.25, 0.3) is 11.0 Å². The van der Waals surface area contributed by atoms with Crippen molar-refractivity contribution in [1.82, 2.24) is 15.3 Å². The van der Waals surface area contributed by atoms with Gasteiger partial charge in [0.25, 0.3) is 5.69 Å². The number of carbonyl (C=O) groups is 1. The Hall–Kier alpha value is -3.22. The molecule has 3 aromatic rings. The van der Waals surface area contributed by atoms with Crippen molar-refractivity contribution < 1.29 is 9.72 Å². The number of H-pyrrole nitrogens is 1. The van der Waals surface area contributed by atoms with E-state index in [1.165, 1.54) is 6.07 Å². The second kappa shape index (κ2) is 7.57. The van der Waals surface area contributed by atoms with Gasteiger partial charge in [-0.15, -0.1) is 0 Å². The third kappa shape index (κ3) is 4.20. The number of hydrogen-bond acceptors (Lipinski definition) is 4. The van der Waals surface area contributed by atoms with Crippen molar-refractivity contribution in [2.24, 2.45) is 0 Å². The molecule has 0 spiro atoms. The SMILES string of the molecule is O=C(Cc1ccccc1[N+](=O)[O-])NCCCc1nc2ccccc2[nH]1. The predicted molar refractivity (Wildman–Crippen MR) is 94.2 cm³/mol. The molecular formula is C18H18N4O3. The Morgan fingerprint density at radius 3 is 2.72 bits per heavy atom. The summed E-state index contributed by atoms with van der Waals surface area (Å²) in [6, 6.07) is 14.1. The van der Waals surface area contributed by atoms with Crippen LogP contribution in [0.4, 0.5) is 5.69 Å². The molecule has 128 valence electrons. The maximum Gasteiger partial charge on any atom is 0.273 e. The van der Waals surface area contributed by atoms with E-state index in [0.29, 0.717) is 12.1 Å². The monoisotopic (exact) mass is 338 g/mol. The molecule has 1 amide bonds. The van der Waals surface area contributed by atoms with Crippen LogP contribution in [-0.4, -0.2) is 27.3 Å². The van der Waals surface area contributed by atoms with Gasteiger partial charge in [-0.05, 0) is 18.6 Å². The number of nitro benzene ring substituents is 1. The average Bonchev–Trinajstić information content (AvgIpc) is 3.02. The van der Waals surface area contributed by atoms with Gasteiger partial charge in [0.15, 0.2) is 0 Å². The molecule has 0 aliphatic rings. The third-order valence-corrected chi connectivity index (χ3v) is 3.89. The lowest BCUT2D eigenvalue weighted by Gasteiger charge is -2.05. The molecule has 1 aromatic heterocycles. The maximum absolute atomic E-state index is 12.0. The molecule has 0 saturated heterocycles. The number of nitrogens with one attached hydrogen (secondary N) is 2. The van der Waals surface area contributed by atoms with Gasteiger partial charge in [-0.25, -0.2) is 4.98 Å². The minimum Gasteiger partial charge on any atom is -0.356 e. The molecule has 7 heteroatoms. The quantitative estimate of drug-likeness (QED) is 0.393. The van der Waals surface area contributed by atoms with Crippen molar-refractivity contribution in [3.8, 4) is 0 Å². The van der Waals surface area contributed by atoms with E-state index < -0.39 is 4.92 Å². The highest BCUT2D eigenvalue weighted by atomic mass is 16.6. The van der Waals surface area contributed by atoms with Gasteiger partial charge in [0.2, 0.25) is 5.91 Å². The Morgan fingerprint density at radius 1 is 1.16 bits per heavy atom. The summed E-state index contributed by atoms with van der Waals surface area (Å²) in [5.41, 5.74) is 2.32. The van der Waals surface area contributed by atoms with Crippen LogP contribution in [0.2, 0.25) is 0 Å². The van der Waals surface area contributed by atoms with Crippen LogP contribution in [-0.2, 0) is 17.6 Å². The van der Waals surface area contributed by atoms with Crippen LogP contribution in [0.5, 0.6) is 0 Å². The number of fused-ring (bicyclic) bond motifs is 1. The molecule has 1 heterocycles. The van der Waals surface area contributed by atoms with Crippen molar-refractivity contribution in [2.45, 2.75) is 19.3 Å². The number of nitrogens with zero attached hydrogens (tertiary/aromatic N) is 2. The van der Waals surface area contributed by atoms with Crippen molar-refractivity contribution in [2.75, 3.05) is 6.54 Å². The molecule has 7 nitrogen and oxygen atoms in total. The molecule has 2 aromatic carbocycles. The topological polar surface area (TPSA) is 101 Å². The van der Waals surface area contributed by atoms with E-state index in [2.05, 4.69) is 15.3 Å². The largest absolute Gasteiger partial charge is 0.356 e. The summed E-state index contributed by atoms with van der Waals surface area (Å²) in [4.78, 5) is 30.2. The molecule has 0 atom stereocenters. The first-order valence-corrected chi connectivity index (χ1v) is 8.06. The second-order valence-corrected chi connectivity index (χ2v) is 5.72. The Balaban J connectivity index is 1.47. The number of aromatic nitrogens is 2. The summed E-state index contributed by atoms with van der Waals surface area (Å²) in [6.45, 7) is 0.497. The van der Waals surface area contributed by atoms with E-state index >= 15 is 0 Å². The fourth-order valence-electron chi connectivity index (χ4n) is 2.68. The predicted octanol–water partition coefficient (Wildman–Crippen LogP) is 2.76. The lowest BCUT2D eigenvalue weighted by atomic mass is 10.1. The molecule has 25 heavy (non-hydrogen) atoms. The van der Waals surface area contributed by atoms with Crippen LogP contribution >= 0.6 is 0 Å². The van der Waals surface area contributed by atoms with Crippen LogP contribution in [0.15, 0.2) is 48.5 Å². The molecule has 0 aliphatic heterocycles. The van der Waals surface area contributed by atoms with Gasteiger partial charge in [-0.3, -0.25) is 14.9 Å². The van der Waals surface area contributed by atoms with Gasteiger partial charge in [0, 0.05) is 24.6 Å². The zero-order valence-corrected chi connectivity index (χ0v) is 13.6. The van der Waals surface area contributed by atoms with Gasteiger partial charge in [-0.2, -0.15) is 0 Å². The van der Waals surface area contributed by atoms with Gasteiger partial charge in [0.1, 0.15) is 5.82 Å². The average molecular weight is 338 g/mol. The fourth-order valence-corrected chi connectivity index (χ4v) is 2.68. The molecule has 0 aliphatic carbocycles. The highest BCUT2D eigenvalue weighted by Gasteiger charge is 2.15. The first-order valence-electron chi connectivity index (χ1n) is 8.06. The molecule has 0 saturated carbocycles. The standard InChI is InChI=1S/C18H18N4O3/c23-18(12-13-6-1-4-9-16(13)22(24)25)19-11-5-10-17-20-14-7-2-3-8-15(14)21-17/h1-4,6-9H,5,10-12H2,(H,19,23)(H,20,21). The van der Waals surface area contributed by atoms with Crippen LogP contribution < -0.4 is 5.32 Å². The van der Waals surface area contributed by atoms with Gasteiger partial charge >= 0.3 is 0 Å². The van der Waals surface area contributed by atoms with E-state index in [-0.39, 0.29) is 18.0 Å². The van der Waals surface area contributed by atoms with Crippen molar-refractivity contribution in [3.05, 3.63) is 70.0 Å². The zero-order chi connectivity index (χ0) is 17.6. The number of aromatic amines is 1. The van der Waals surface area contributed by atoms with E-state index in [9.17, 15) is 14.9 Å². The summed E-state index contributed by atoms with van der Waals surface area (Å²) in [5, 5.41) is 13.8.